The number of hydrogen-bond donors (Lipinski definition) is 1. The third-order valence-corrected chi connectivity index (χ3v) is 3.91. The SMILES string of the molecule is CCC(C)C1=NN(C(=O)c2ccccc2)C(O)(C(=O)OC)C1. The molecule has 0 saturated heterocycles. The Balaban J connectivity index is 2.40. The van der Waals surface area contributed by atoms with Gasteiger partial charge in [-0.3, -0.25) is 4.79 Å². The summed E-state index contributed by atoms with van der Waals surface area (Å²) in [4.78, 5) is 24.6. The zero-order valence-electron chi connectivity index (χ0n) is 12.9. The number of carbonyl (C=O) groups is 2. The van der Waals surface area contributed by atoms with Gasteiger partial charge in [-0.1, -0.05) is 32.0 Å². The number of methoxy groups -OCH3 is 1. The first-order valence-electron chi connectivity index (χ1n) is 7.21. The van der Waals surface area contributed by atoms with Crippen LogP contribution in [0, 0.1) is 5.92 Å². The molecule has 1 amide bonds. The van der Waals surface area contributed by atoms with E-state index in [9.17, 15) is 14.7 Å². The lowest BCUT2D eigenvalue weighted by Crippen LogP contribution is -2.53. The fourth-order valence-corrected chi connectivity index (χ4v) is 2.32. The highest BCUT2D eigenvalue weighted by Gasteiger charge is 2.52. The van der Waals surface area contributed by atoms with Crippen LogP contribution in [0.5, 0.6) is 0 Å². The number of benzene rings is 1. The highest BCUT2D eigenvalue weighted by Crippen LogP contribution is 2.31. The molecule has 1 aliphatic heterocycles. The Morgan fingerprint density at radius 2 is 2.05 bits per heavy atom. The second kappa shape index (κ2) is 6.27. The van der Waals surface area contributed by atoms with Crippen molar-refractivity contribution in [3.63, 3.8) is 0 Å². The Kier molecular flexibility index (Phi) is 4.61. The van der Waals surface area contributed by atoms with Gasteiger partial charge in [-0.2, -0.15) is 10.1 Å². The normalized spacial score (nSPS) is 22.2. The van der Waals surface area contributed by atoms with Crippen LogP contribution in [0.25, 0.3) is 0 Å². The predicted molar refractivity (Wildman–Crippen MR) is 81.1 cm³/mol. The first-order valence-corrected chi connectivity index (χ1v) is 7.21. The quantitative estimate of drug-likeness (QED) is 0.860. The summed E-state index contributed by atoms with van der Waals surface area (Å²) in [5, 5.41) is 15.7. The molecule has 0 spiro atoms. The van der Waals surface area contributed by atoms with E-state index in [1.54, 1.807) is 30.3 Å². The Bertz CT molecular complexity index is 599. The van der Waals surface area contributed by atoms with Gasteiger partial charge >= 0.3 is 5.97 Å². The molecule has 0 aliphatic carbocycles. The highest BCUT2D eigenvalue weighted by atomic mass is 16.5. The van der Waals surface area contributed by atoms with Crippen molar-refractivity contribution in [2.24, 2.45) is 11.0 Å². The summed E-state index contributed by atoms with van der Waals surface area (Å²) < 4.78 is 4.66. The maximum Gasteiger partial charge on any atom is 0.361 e. The molecule has 6 nitrogen and oxygen atoms in total. The van der Waals surface area contributed by atoms with Gasteiger partial charge in [0.15, 0.2) is 0 Å². The maximum atomic E-state index is 12.6. The molecule has 2 unspecified atom stereocenters. The van der Waals surface area contributed by atoms with Crippen molar-refractivity contribution in [3.8, 4) is 0 Å². The van der Waals surface area contributed by atoms with Crippen molar-refractivity contribution < 1.29 is 19.4 Å². The summed E-state index contributed by atoms with van der Waals surface area (Å²) in [6.07, 6.45) is 0.761. The summed E-state index contributed by atoms with van der Waals surface area (Å²) in [7, 11) is 1.17. The minimum absolute atomic E-state index is 0.0345. The van der Waals surface area contributed by atoms with E-state index in [0.717, 1.165) is 11.4 Å². The Labute approximate surface area is 129 Å². The minimum Gasteiger partial charge on any atom is -0.465 e. The van der Waals surface area contributed by atoms with Gasteiger partial charge in [-0.15, -0.1) is 0 Å². The number of hydrazone groups is 1. The molecule has 0 fully saturated rings. The van der Waals surface area contributed by atoms with Crippen LogP contribution in [-0.2, 0) is 9.53 Å². The Morgan fingerprint density at radius 3 is 2.59 bits per heavy atom. The number of nitrogens with zero attached hydrogens (tertiary/aromatic N) is 2. The average Bonchev–Trinajstić information content (AvgIpc) is 2.92. The van der Waals surface area contributed by atoms with Crippen molar-refractivity contribution >= 4 is 17.6 Å². The maximum absolute atomic E-state index is 12.6. The minimum atomic E-state index is -2.08. The van der Waals surface area contributed by atoms with Gasteiger partial charge in [-0.05, 0) is 24.5 Å². The summed E-state index contributed by atoms with van der Waals surface area (Å²) in [6, 6.07) is 8.41. The van der Waals surface area contributed by atoms with Gasteiger partial charge in [0.2, 0.25) is 0 Å². The second-order valence-corrected chi connectivity index (χ2v) is 5.37. The van der Waals surface area contributed by atoms with Crippen LogP contribution < -0.4 is 0 Å². The molecule has 1 aromatic rings. The smallest absolute Gasteiger partial charge is 0.361 e. The molecular weight excluding hydrogens is 284 g/mol. The molecule has 22 heavy (non-hydrogen) atoms. The van der Waals surface area contributed by atoms with Crippen molar-refractivity contribution in [1.29, 1.82) is 0 Å². The van der Waals surface area contributed by atoms with Gasteiger partial charge in [-0.25, -0.2) is 4.79 Å². The van der Waals surface area contributed by atoms with Crippen molar-refractivity contribution in [2.75, 3.05) is 7.11 Å². The van der Waals surface area contributed by atoms with Gasteiger partial charge < -0.3 is 9.84 Å². The van der Waals surface area contributed by atoms with Crippen LogP contribution in [-0.4, -0.2) is 40.5 Å². The molecule has 0 saturated carbocycles. The average molecular weight is 304 g/mol. The zero-order valence-corrected chi connectivity index (χ0v) is 12.9. The van der Waals surface area contributed by atoms with Gasteiger partial charge in [0.25, 0.3) is 11.6 Å². The van der Waals surface area contributed by atoms with Crippen LogP contribution in [0.2, 0.25) is 0 Å². The molecule has 0 aromatic heterocycles. The van der Waals surface area contributed by atoms with Crippen LogP contribution in [0.1, 0.15) is 37.0 Å². The standard InChI is InChI=1S/C16H20N2O4/c1-4-11(2)13-10-16(21,15(20)22-3)18(17-13)14(19)12-8-6-5-7-9-12/h5-9,11,21H,4,10H2,1-3H3. The molecular formula is C16H20N2O4. The number of amides is 1. The van der Waals surface area contributed by atoms with Gasteiger partial charge in [0.05, 0.1) is 7.11 Å². The van der Waals surface area contributed by atoms with Gasteiger partial charge in [0.1, 0.15) is 0 Å². The Morgan fingerprint density at radius 1 is 1.41 bits per heavy atom. The van der Waals surface area contributed by atoms with E-state index in [2.05, 4.69) is 9.84 Å². The topological polar surface area (TPSA) is 79.2 Å². The molecule has 0 bridgehead atoms. The van der Waals surface area contributed by atoms with Crippen molar-refractivity contribution in [1.82, 2.24) is 5.01 Å². The summed E-state index contributed by atoms with van der Waals surface area (Å²) in [5.41, 5.74) is -1.13. The first kappa shape index (κ1) is 16.2. The monoisotopic (exact) mass is 304 g/mol. The highest BCUT2D eigenvalue weighted by molar-refractivity contribution is 6.03. The molecule has 6 heteroatoms. The lowest BCUT2D eigenvalue weighted by atomic mass is 9.96. The zero-order chi connectivity index (χ0) is 16.3. The fourth-order valence-electron chi connectivity index (χ4n) is 2.32. The van der Waals surface area contributed by atoms with E-state index in [4.69, 9.17) is 0 Å². The van der Waals surface area contributed by atoms with E-state index in [-0.39, 0.29) is 12.3 Å². The predicted octanol–water partition coefficient (Wildman–Crippen LogP) is 1.80. The fraction of sp³-hybridized carbons (Fsp3) is 0.438. The van der Waals surface area contributed by atoms with E-state index < -0.39 is 17.6 Å². The van der Waals surface area contributed by atoms with Crippen LogP contribution >= 0.6 is 0 Å². The van der Waals surface area contributed by atoms with E-state index in [1.165, 1.54) is 7.11 Å². The van der Waals surface area contributed by atoms with Gasteiger partial charge in [0, 0.05) is 17.7 Å². The van der Waals surface area contributed by atoms with E-state index >= 15 is 0 Å². The summed E-state index contributed by atoms with van der Waals surface area (Å²) in [5.74, 6) is -1.37. The largest absolute Gasteiger partial charge is 0.465 e. The van der Waals surface area contributed by atoms with E-state index in [1.807, 2.05) is 13.8 Å². The number of hydrogen-bond acceptors (Lipinski definition) is 5. The summed E-state index contributed by atoms with van der Waals surface area (Å²) >= 11 is 0. The molecule has 0 radical (unpaired) electrons. The Hall–Kier alpha value is -2.21. The molecule has 118 valence electrons. The number of rotatable bonds is 4. The second-order valence-electron chi connectivity index (χ2n) is 5.37. The van der Waals surface area contributed by atoms with E-state index in [0.29, 0.717) is 11.3 Å². The van der Waals surface area contributed by atoms with Crippen LogP contribution in [0.15, 0.2) is 35.4 Å². The first-order chi connectivity index (χ1) is 10.4. The number of esters is 1. The van der Waals surface area contributed by atoms with Crippen molar-refractivity contribution in [2.45, 2.75) is 32.4 Å². The molecule has 1 aliphatic rings. The molecule has 2 rings (SSSR count). The number of aliphatic hydroxyl groups is 1. The molecule has 1 aromatic carbocycles. The number of carbonyl (C=O) groups excluding carboxylic acids is 2. The third kappa shape index (κ3) is 2.74. The molecule has 2 atom stereocenters. The number of ether oxygens (including phenoxy) is 1. The molecule has 1 N–H and O–H groups in total. The van der Waals surface area contributed by atoms with Crippen LogP contribution in [0.3, 0.4) is 0 Å². The lowest BCUT2D eigenvalue weighted by Gasteiger charge is -2.28. The third-order valence-electron chi connectivity index (χ3n) is 3.91. The van der Waals surface area contributed by atoms with Crippen LogP contribution in [0.4, 0.5) is 0 Å². The van der Waals surface area contributed by atoms with Crippen molar-refractivity contribution in [3.05, 3.63) is 35.9 Å². The summed E-state index contributed by atoms with van der Waals surface area (Å²) in [6.45, 7) is 3.92. The lowest BCUT2D eigenvalue weighted by molar-refractivity contribution is -0.176. The molecule has 1 heterocycles.